The summed E-state index contributed by atoms with van der Waals surface area (Å²) in [7, 11) is 0. The van der Waals surface area contributed by atoms with Gasteiger partial charge in [0.2, 0.25) is 11.8 Å². The lowest BCUT2D eigenvalue weighted by Crippen LogP contribution is -2.31. The molecule has 3 aromatic rings. The molecule has 0 saturated carbocycles. The number of carbonyl (C=O) groups is 2. The number of aryl methyl sites for hydroxylation is 1. The number of hydrogen-bond donors (Lipinski definition) is 1. The molecule has 1 aromatic heterocycles. The van der Waals surface area contributed by atoms with E-state index in [9.17, 15) is 14.0 Å². The first-order valence-corrected chi connectivity index (χ1v) is 8.58. The summed E-state index contributed by atoms with van der Waals surface area (Å²) >= 11 is 5.87. The summed E-state index contributed by atoms with van der Waals surface area (Å²) in [6, 6.07) is 12.2. The number of benzene rings is 2. The van der Waals surface area contributed by atoms with Crippen LogP contribution in [-0.2, 0) is 11.2 Å². The van der Waals surface area contributed by atoms with Gasteiger partial charge in [-0.05, 0) is 55.5 Å². The van der Waals surface area contributed by atoms with E-state index < -0.39 is 5.82 Å². The maximum atomic E-state index is 12.9. The maximum absolute atomic E-state index is 12.9. The first-order valence-electron chi connectivity index (χ1n) is 8.20. The zero-order chi connectivity index (χ0) is 19.4. The minimum absolute atomic E-state index is 0.0143. The van der Waals surface area contributed by atoms with Crippen molar-refractivity contribution >= 4 is 23.3 Å². The molecule has 3 rings (SSSR count). The van der Waals surface area contributed by atoms with Crippen molar-refractivity contribution in [1.82, 2.24) is 10.3 Å². The monoisotopic (exact) mass is 386 g/mol. The number of nitrogens with one attached hydrogen (secondary N) is 1. The molecule has 27 heavy (non-hydrogen) atoms. The van der Waals surface area contributed by atoms with Crippen LogP contribution in [0.15, 0.2) is 52.9 Å². The van der Waals surface area contributed by atoms with Crippen LogP contribution in [0.5, 0.6) is 0 Å². The molecule has 1 amide bonds. The zero-order valence-corrected chi connectivity index (χ0v) is 15.2. The number of nitrogens with zero attached hydrogens (tertiary/aromatic N) is 1. The first-order chi connectivity index (χ1) is 12.9. The number of carbonyl (C=O) groups excluding carboxylic acids is 2. The molecule has 0 radical (unpaired) electrons. The predicted molar refractivity (Wildman–Crippen MR) is 99.1 cm³/mol. The van der Waals surface area contributed by atoms with E-state index in [1.165, 1.54) is 24.3 Å². The van der Waals surface area contributed by atoms with Crippen LogP contribution in [0, 0.1) is 12.7 Å². The zero-order valence-electron chi connectivity index (χ0n) is 14.5. The van der Waals surface area contributed by atoms with Gasteiger partial charge in [0.1, 0.15) is 11.6 Å². The van der Waals surface area contributed by atoms with Crippen LogP contribution in [0.1, 0.15) is 21.8 Å². The molecule has 1 N–H and O–H groups in total. The second-order valence-corrected chi connectivity index (χ2v) is 6.35. The molecule has 7 heteroatoms. The van der Waals surface area contributed by atoms with E-state index in [0.29, 0.717) is 27.9 Å². The van der Waals surface area contributed by atoms with E-state index in [2.05, 4.69) is 10.3 Å². The summed E-state index contributed by atoms with van der Waals surface area (Å²) < 4.78 is 18.5. The Balaban J connectivity index is 1.60. The van der Waals surface area contributed by atoms with Gasteiger partial charge in [-0.3, -0.25) is 9.59 Å². The number of Topliss-reactive ketones (excluding diaryl/α,β-unsaturated/α-hetero) is 1. The molecule has 0 saturated heterocycles. The number of rotatable bonds is 6. The van der Waals surface area contributed by atoms with Crippen molar-refractivity contribution in [3.8, 4) is 11.5 Å². The van der Waals surface area contributed by atoms with Gasteiger partial charge in [0, 0.05) is 16.1 Å². The molecule has 138 valence electrons. The van der Waals surface area contributed by atoms with Crippen molar-refractivity contribution in [1.29, 1.82) is 0 Å². The van der Waals surface area contributed by atoms with Crippen LogP contribution in [0.25, 0.3) is 11.5 Å². The Morgan fingerprint density at radius 2 is 1.78 bits per heavy atom. The van der Waals surface area contributed by atoms with Gasteiger partial charge in [0.05, 0.1) is 18.7 Å². The predicted octanol–water partition coefficient (Wildman–Crippen LogP) is 3.98. The highest BCUT2D eigenvalue weighted by Gasteiger charge is 2.15. The molecule has 1 heterocycles. The second-order valence-electron chi connectivity index (χ2n) is 5.91. The van der Waals surface area contributed by atoms with Gasteiger partial charge in [-0.1, -0.05) is 11.6 Å². The van der Waals surface area contributed by atoms with E-state index in [1.807, 2.05) is 0 Å². The van der Waals surface area contributed by atoms with E-state index in [-0.39, 0.29) is 24.7 Å². The summed E-state index contributed by atoms with van der Waals surface area (Å²) in [5, 5.41) is 3.15. The summed E-state index contributed by atoms with van der Waals surface area (Å²) in [5.41, 5.74) is 1.58. The van der Waals surface area contributed by atoms with E-state index >= 15 is 0 Å². The van der Waals surface area contributed by atoms with Gasteiger partial charge < -0.3 is 9.73 Å². The van der Waals surface area contributed by atoms with Crippen molar-refractivity contribution in [2.45, 2.75) is 13.3 Å². The lowest BCUT2D eigenvalue weighted by atomic mass is 10.1. The minimum atomic E-state index is -0.423. The Kier molecular flexibility index (Phi) is 5.66. The second kappa shape index (κ2) is 8.14. The Labute approximate surface area is 160 Å². The third kappa shape index (κ3) is 4.80. The van der Waals surface area contributed by atoms with E-state index in [4.69, 9.17) is 16.0 Å². The Morgan fingerprint density at radius 1 is 1.11 bits per heavy atom. The third-order valence-corrected chi connectivity index (χ3v) is 4.18. The largest absolute Gasteiger partial charge is 0.441 e. The molecule has 0 spiro atoms. The average Bonchev–Trinajstić information content (AvgIpc) is 3.01. The van der Waals surface area contributed by atoms with Crippen molar-refractivity contribution in [3.63, 3.8) is 0 Å². The highest BCUT2D eigenvalue weighted by atomic mass is 35.5. The van der Waals surface area contributed by atoms with Crippen LogP contribution in [0.3, 0.4) is 0 Å². The number of halogens is 2. The van der Waals surface area contributed by atoms with Crippen LogP contribution < -0.4 is 5.32 Å². The molecule has 0 atom stereocenters. The lowest BCUT2D eigenvalue weighted by molar-refractivity contribution is -0.120. The Hall–Kier alpha value is -2.99. The van der Waals surface area contributed by atoms with E-state index in [1.54, 1.807) is 31.2 Å². The van der Waals surface area contributed by atoms with Gasteiger partial charge in [-0.2, -0.15) is 0 Å². The number of aromatic nitrogens is 1. The van der Waals surface area contributed by atoms with Crippen LogP contribution in [0.2, 0.25) is 5.02 Å². The normalized spacial score (nSPS) is 10.6. The fourth-order valence-electron chi connectivity index (χ4n) is 2.44. The standard InChI is InChI=1S/C20H16ClFN2O3/c1-12-17(24-20(27-12)14-2-6-15(21)7-3-14)10-19(26)23-11-18(25)13-4-8-16(22)9-5-13/h2-9H,10-11H2,1H3,(H,23,26). The summed E-state index contributed by atoms with van der Waals surface area (Å²) in [5.74, 6) is -0.158. The first kappa shape index (κ1) is 18.8. The molecule has 5 nitrogen and oxygen atoms in total. The summed E-state index contributed by atoms with van der Waals surface area (Å²) in [6.07, 6.45) is -0.0143. The van der Waals surface area contributed by atoms with Crippen molar-refractivity contribution in [2.24, 2.45) is 0 Å². The summed E-state index contributed by atoms with van der Waals surface area (Å²) in [6.45, 7) is 1.55. The highest BCUT2D eigenvalue weighted by Crippen LogP contribution is 2.23. The topological polar surface area (TPSA) is 72.2 Å². The quantitative estimate of drug-likeness (QED) is 0.650. The van der Waals surface area contributed by atoms with Gasteiger partial charge in [0.15, 0.2) is 5.78 Å². The summed E-state index contributed by atoms with van der Waals surface area (Å²) in [4.78, 5) is 28.5. The maximum Gasteiger partial charge on any atom is 0.226 e. The van der Waals surface area contributed by atoms with Crippen LogP contribution >= 0.6 is 11.6 Å². The van der Waals surface area contributed by atoms with Gasteiger partial charge >= 0.3 is 0 Å². The molecule has 0 unspecified atom stereocenters. The smallest absolute Gasteiger partial charge is 0.226 e. The molecule has 0 bridgehead atoms. The molecular weight excluding hydrogens is 371 g/mol. The van der Waals surface area contributed by atoms with Gasteiger partial charge in [0.25, 0.3) is 0 Å². The molecule has 0 aliphatic heterocycles. The number of ketones is 1. The van der Waals surface area contributed by atoms with Gasteiger partial charge in [-0.15, -0.1) is 0 Å². The molecule has 0 fully saturated rings. The van der Waals surface area contributed by atoms with Crippen LogP contribution in [0.4, 0.5) is 4.39 Å². The molecular formula is C20H16ClFN2O3. The van der Waals surface area contributed by atoms with Crippen molar-refractivity contribution in [2.75, 3.05) is 6.54 Å². The average molecular weight is 387 g/mol. The lowest BCUT2D eigenvalue weighted by Gasteiger charge is -2.04. The molecule has 0 aliphatic rings. The third-order valence-electron chi connectivity index (χ3n) is 3.92. The molecule has 2 aromatic carbocycles. The van der Waals surface area contributed by atoms with Crippen LogP contribution in [-0.4, -0.2) is 23.2 Å². The van der Waals surface area contributed by atoms with Gasteiger partial charge in [-0.25, -0.2) is 9.37 Å². The number of amides is 1. The minimum Gasteiger partial charge on any atom is -0.441 e. The SMILES string of the molecule is Cc1oc(-c2ccc(Cl)cc2)nc1CC(=O)NCC(=O)c1ccc(F)cc1. The Morgan fingerprint density at radius 3 is 2.44 bits per heavy atom. The molecule has 0 aliphatic carbocycles. The highest BCUT2D eigenvalue weighted by molar-refractivity contribution is 6.30. The van der Waals surface area contributed by atoms with Crippen molar-refractivity contribution in [3.05, 3.63) is 76.4 Å². The fraction of sp³-hybridized carbons (Fsp3) is 0.150. The fourth-order valence-corrected chi connectivity index (χ4v) is 2.57. The van der Waals surface area contributed by atoms with Crippen molar-refractivity contribution < 1.29 is 18.4 Å². The number of oxazole rings is 1. The van der Waals surface area contributed by atoms with E-state index in [0.717, 1.165) is 5.56 Å². The number of hydrogen-bond acceptors (Lipinski definition) is 4. The Bertz CT molecular complexity index is 966.